The zero-order valence-corrected chi connectivity index (χ0v) is 11.3. The Morgan fingerprint density at radius 1 is 1.29 bits per heavy atom. The number of carbonyl (C=O) groups is 1. The molecule has 1 rings (SSSR count). The third-order valence-electron chi connectivity index (χ3n) is 2.61. The average molecular weight is 302 g/mol. The number of nitrogens with two attached hydrogens (primary N) is 1. The molecule has 5 nitrogen and oxygen atoms in total. The molecule has 8 heteroatoms. The van der Waals surface area contributed by atoms with Crippen LogP contribution in [0.15, 0.2) is 24.3 Å². The van der Waals surface area contributed by atoms with Crippen molar-refractivity contribution in [3.05, 3.63) is 29.8 Å². The number of urea groups is 1. The van der Waals surface area contributed by atoms with Crippen LogP contribution in [0.2, 0.25) is 0 Å². The van der Waals surface area contributed by atoms with Crippen LogP contribution in [-0.2, 0) is 6.18 Å². The highest BCUT2D eigenvalue weighted by Gasteiger charge is 2.30. The van der Waals surface area contributed by atoms with Gasteiger partial charge in [-0.05, 0) is 31.0 Å². The van der Waals surface area contributed by atoms with Crippen molar-refractivity contribution in [2.24, 2.45) is 5.73 Å². The van der Waals surface area contributed by atoms with Gasteiger partial charge in [-0.3, -0.25) is 5.41 Å². The number of nitrogens with one attached hydrogen (secondary N) is 3. The summed E-state index contributed by atoms with van der Waals surface area (Å²) in [5.41, 5.74) is 4.43. The van der Waals surface area contributed by atoms with Crippen molar-refractivity contribution in [1.82, 2.24) is 5.32 Å². The minimum absolute atomic E-state index is 0.0751. The van der Waals surface area contributed by atoms with Gasteiger partial charge in [0.1, 0.15) is 0 Å². The third kappa shape index (κ3) is 6.64. The number of halogens is 3. The summed E-state index contributed by atoms with van der Waals surface area (Å²) < 4.78 is 37.5. The Balaban J connectivity index is 2.39. The van der Waals surface area contributed by atoms with Crippen LogP contribution in [0.3, 0.4) is 0 Å². The molecule has 0 aliphatic carbocycles. The molecule has 1 aromatic carbocycles. The second-order valence-electron chi connectivity index (χ2n) is 4.44. The molecule has 0 fully saturated rings. The molecule has 1 aromatic rings. The lowest BCUT2D eigenvalue weighted by molar-refractivity contribution is -0.137. The lowest BCUT2D eigenvalue weighted by atomic mass is 10.2. The number of anilines is 1. The SMILES string of the molecule is N=C(N)CCCCNC(=O)Nc1cccc(C(F)(F)F)c1. The van der Waals surface area contributed by atoms with Crippen LogP contribution in [0.1, 0.15) is 24.8 Å². The first kappa shape index (κ1) is 16.8. The smallest absolute Gasteiger partial charge is 0.388 e. The Morgan fingerprint density at radius 2 is 2.00 bits per heavy atom. The van der Waals surface area contributed by atoms with Crippen LogP contribution >= 0.6 is 0 Å². The van der Waals surface area contributed by atoms with Crippen LogP contribution in [0.5, 0.6) is 0 Å². The number of rotatable bonds is 6. The third-order valence-corrected chi connectivity index (χ3v) is 2.61. The number of carbonyl (C=O) groups excluding carboxylic acids is 1. The monoisotopic (exact) mass is 302 g/mol. The molecule has 0 spiro atoms. The number of hydrogen-bond donors (Lipinski definition) is 4. The van der Waals surface area contributed by atoms with E-state index < -0.39 is 17.8 Å². The average Bonchev–Trinajstić information content (AvgIpc) is 2.37. The van der Waals surface area contributed by atoms with Gasteiger partial charge in [-0.15, -0.1) is 0 Å². The predicted octanol–water partition coefficient (Wildman–Crippen LogP) is 2.93. The van der Waals surface area contributed by atoms with Gasteiger partial charge in [0.05, 0.1) is 11.4 Å². The van der Waals surface area contributed by atoms with Crippen molar-refractivity contribution in [3.8, 4) is 0 Å². The first-order valence-electron chi connectivity index (χ1n) is 6.34. The van der Waals surface area contributed by atoms with Crippen molar-refractivity contribution in [2.75, 3.05) is 11.9 Å². The van der Waals surface area contributed by atoms with Crippen molar-refractivity contribution in [1.29, 1.82) is 5.41 Å². The van der Waals surface area contributed by atoms with Crippen molar-refractivity contribution < 1.29 is 18.0 Å². The van der Waals surface area contributed by atoms with E-state index in [2.05, 4.69) is 10.6 Å². The quantitative estimate of drug-likeness (QED) is 0.369. The predicted molar refractivity (Wildman–Crippen MR) is 74.2 cm³/mol. The molecule has 2 amide bonds. The summed E-state index contributed by atoms with van der Waals surface area (Å²) in [4.78, 5) is 11.5. The molecule has 0 saturated heterocycles. The summed E-state index contributed by atoms with van der Waals surface area (Å²) in [5.74, 6) is 0.0865. The van der Waals surface area contributed by atoms with Crippen LogP contribution in [0.4, 0.5) is 23.7 Å². The van der Waals surface area contributed by atoms with E-state index in [9.17, 15) is 18.0 Å². The van der Waals surface area contributed by atoms with E-state index in [1.54, 1.807) is 0 Å². The highest BCUT2D eigenvalue weighted by atomic mass is 19.4. The minimum atomic E-state index is -4.44. The van der Waals surface area contributed by atoms with Gasteiger partial charge in [0.25, 0.3) is 0 Å². The Bertz CT molecular complexity index is 502. The topological polar surface area (TPSA) is 91.0 Å². The van der Waals surface area contributed by atoms with Crippen LogP contribution in [-0.4, -0.2) is 18.4 Å². The molecular weight excluding hydrogens is 285 g/mol. The summed E-state index contributed by atoms with van der Waals surface area (Å²) in [5, 5.41) is 11.9. The molecule has 0 aliphatic heterocycles. The van der Waals surface area contributed by atoms with E-state index in [1.807, 2.05) is 0 Å². The first-order valence-corrected chi connectivity index (χ1v) is 6.34. The van der Waals surface area contributed by atoms with Gasteiger partial charge < -0.3 is 16.4 Å². The van der Waals surface area contributed by atoms with E-state index in [-0.39, 0.29) is 11.5 Å². The standard InChI is InChI=1S/C13H17F3N4O/c14-13(15,16)9-4-3-5-10(8-9)20-12(21)19-7-2-1-6-11(17)18/h3-5,8H,1-2,6-7H2,(H3,17,18)(H2,19,20,21). The number of amidine groups is 1. The van der Waals surface area contributed by atoms with Gasteiger partial charge in [-0.1, -0.05) is 6.07 Å². The number of amides is 2. The van der Waals surface area contributed by atoms with Gasteiger partial charge in [0.2, 0.25) is 0 Å². The van der Waals surface area contributed by atoms with E-state index in [4.69, 9.17) is 11.1 Å². The number of unbranched alkanes of at least 4 members (excludes halogenated alkanes) is 1. The molecule has 21 heavy (non-hydrogen) atoms. The summed E-state index contributed by atoms with van der Waals surface area (Å²) in [6.45, 7) is 0.359. The molecule has 116 valence electrons. The summed E-state index contributed by atoms with van der Waals surface area (Å²) in [6, 6.07) is 3.84. The number of hydrogen-bond acceptors (Lipinski definition) is 2. The lowest BCUT2D eigenvalue weighted by Gasteiger charge is -2.10. The maximum Gasteiger partial charge on any atom is 0.416 e. The molecule has 5 N–H and O–H groups in total. The molecule has 0 aromatic heterocycles. The summed E-state index contributed by atoms with van der Waals surface area (Å²) in [7, 11) is 0. The van der Waals surface area contributed by atoms with Crippen LogP contribution < -0.4 is 16.4 Å². The fourth-order valence-corrected chi connectivity index (χ4v) is 1.59. The zero-order valence-electron chi connectivity index (χ0n) is 11.3. The molecule has 0 atom stereocenters. The van der Waals surface area contributed by atoms with Gasteiger partial charge in [0.15, 0.2) is 0 Å². The molecular formula is C13H17F3N4O. The fraction of sp³-hybridized carbons (Fsp3) is 0.385. The number of alkyl halides is 3. The number of benzene rings is 1. The van der Waals surface area contributed by atoms with Crippen molar-refractivity contribution in [3.63, 3.8) is 0 Å². The minimum Gasteiger partial charge on any atom is -0.388 e. The summed E-state index contributed by atoms with van der Waals surface area (Å²) in [6.07, 6.45) is -2.69. The second kappa shape index (κ2) is 7.51. The van der Waals surface area contributed by atoms with Crippen LogP contribution in [0, 0.1) is 5.41 Å². The maximum absolute atomic E-state index is 12.5. The molecule has 0 heterocycles. The van der Waals surface area contributed by atoms with Gasteiger partial charge >= 0.3 is 12.2 Å². The molecule has 0 radical (unpaired) electrons. The highest BCUT2D eigenvalue weighted by molar-refractivity contribution is 5.89. The molecule has 0 bridgehead atoms. The van der Waals surface area contributed by atoms with Gasteiger partial charge in [-0.2, -0.15) is 13.2 Å². The molecule has 0 saturated carbocycles. The first-order chi connectivity index (χ1) is 9.79. The van der Waals surface area contributed by atoms with Gasteiger partial charge in [0, 0.05) is 18.7 Å². The van der Waals surface area contributed by atoms with E-state index in [1.165, 1.54) is 12.1 Å². The fourth-order valence-electron chi connectivity index (χ4n) is 1.59. The highest BCUT2D eigenvalue weighted by Crippen LogP contribution is 2.30. The van der Waals surface area contributed by atoms with E-state index in [0.717, 1.165) is 12.1 Å². The summed E-state index contributed by atoms with van der Waals surface area (Å²) >= 11 is 0. The molecule has 0 unspecified atom stereocenters. The Kier molecular flexibility index (Phi) is 6.01. The zero-order chi connectivity index (χ0) is 15.9. The normalized spacial score (nSPS) is 11.0. The Labute approximate surface area is 120 Å². The molecule has 0 aliphatic rings. The van der Waals surface area contributed by atoms with Crippen LogP contribution in [0.25, 0.3) is 0 Å². The Hall–Kier alpha value is -2.25. The van der Waals surface area contributed by atoms with E-state index >= 15 is 0 Å². The van der Waals surface area contributed by atoms with E-state index in [0.29, 0.717) is 25.8 Å². The second-order valence-corrected chi connectivity index (χ2v) is 4.44. The van der Waals surface area contributed by atoms with Gasteiger partial charge in [-0.25, -0.2) is 4.79 Å². The lowest BCUT2D eigenvalue weighted by Crippen LogP contribution is -2.29. The Morgan fingerprint density at radius 3 is 2.62 bits per heavy atom. The van der Waals surface area contributed by atoms with Crippen molar-refractivity contribution >= 4 is 17.6 Å². The largest absolute Gasteiger partial charge is 0.416 e. The maximum atomic E-state index is 12.5. The van der Waals surface area contributed by atoms with Crippen molar-refractivity contribution in [2.45, 2.75) is 25.4 Å².